The zero-order chi connectivity index (χ0) is 27.6. The molecule has 204 valence electrons. The lowest BCUT2D eigenvalue weighted by Gasteiger charge is -2.41. The molecule has 6 rings (SSSR count). The van der Waals surface area contributed by atoms with Gasteiger partial charge in [-0.25, -0.2) is 8.78 Å². The Morgan fingerprint density at radius 1 is 1.10 bits per heavy atom. The molecule has 39 heavy (non-hydrogen) atoms. The van der Waals surface area contributed by atoms with Gasteiger partial charge < -0.3 is 24.6 Å². The van der Waals surface area contributed by atoms with Crippen molar-refractivity contribution < 1.29 is 33.3 Å². The van der Waals surface area contributed by atoms with Gasteiger partial charge in [-0.2, -0.15) is 0 Å². The SMILES string of the molecule is COc1cncc2c1C1(O)[C@H](O)[C@H](C(=O)N3CCC(F)(F)CC3)[C@@H](c3ccccc3)[C@]1(c1ccc(Br)cc1)O2. The second kappa shape index (κ2) is 9.25. The minimum Gasteiger partial charge on any atom is -0.495 e. The number of carbonyl (C=O) groups excluding carboxylic acids is 1. The van der Waals surface area contributed by atoms with Crippen molar-refractivity contribution in [3.63, 3.8) is 0 Å². The summed E-state index contributed by atoms with van der Waals surface area (Å²) in [6.07, 6.45) is 0.285. The number of carbonyl (C=O) groups is 1. The molecule has 2 fully saturated rings. The van der Waals surface area contributed by atoms with Crippen LogP contribution in [0.3, 0.4) is 0 Å². The Morgan fingerprint density at radius 3 is 2.41 bits per heavy atom. The van der Waals surface area contributed by atoms with Gasteiger partial charge in [0.05, 0.1) is 31.0 Å². The average Bonchev–Trinajstić information content (AvgIpc) is 3.32. The number of aliphatic hydroxyl groups is 2. The number of hydrogen-bond acceptors (Lipinski definition) is 6. The number of hydrogen-bond donors (Lipinski definition) is 2. The van der Waals surface area contributed by atoms with Crippen molar-refractivity contribution in [1.29, 1.82) is 0 Å². The first-order valence-electron chi connectivity index (χ1n) is 12.7. The van der Waals surface area contributed by atoms with Crippen molar-refractivity contribution in [3.8, 4) is 11.5 Å². The van der Waals surface area contributed by atoms with Gasteiger partial charge in [-0.3, -0.25) is 9.78 Å². The molecule has 3 aliphatic rings. The number of ether oxygens (including phenoxy) is 2. The van der Waals surface area contributed by atoms with Gasteiger partial charge in [-0.1, -0.05) is 58.4 Å². The molecule has 0 spiro atoms. The Bertz CT molecular complexity index is 1400. The highest BCUT2D eigenvalue weighted by Crippen LogP contribution is 2.69. The third-order valence-corrected chi connectivity index (χ3v) is 8.93. The largest absolute Gasteiger partial charge is 0.495 e. The van der Waals surface area contributed by atoms with Crippen LogP contribution in [0, 0.1) is 5.92 Å². The lowest BCUT2D eigenvalue weighted by atomic mass is 9.70. The van der Waals surface area contributed by atoms with E-state index in [0.717, 1.165) is 4.47 Å². The number of likely N-dealkylation sites (tertiary alicyclic amines) is 1. The maximum absolute atomic E-state index is 14.2. The Kier molecular flexibility index (Phi) is 6.20. The molecule has 2 aromatic carbocycles. The summed E-state index contributed by atoms with van der Waals surface area (Å²) in [5.74, 6) is -5.04. The smallest absolute Gasteiger partial charge is 0.251 e. The first-order chi connectivity index (χ1) is 18.6. The Morgan fingerprint density at radius 2 is 1.77 bits per heavy atom. The lowest BCUT2D eigenvalue weighted by molar-refractivity contribution is -0.159. The van der Waals surface area contributed by atoms with Gasteiger partial charge in [0.15, 0.2) is 11.2 Å². The van der Waals surface area contributed by atoms with Crippen LogP contribution in [0.4, 0.5) is 8.78 Å². The van der Waals surface area contributed by atoms with E-state index in [1.54, 1.807) is 24.3 Å². The quantitative estimate of drug-likeness (QED) is 0.462. The third kappa shape index (κ3) is 3.72. The molecule has 7 nitrogen and oxygen atoms in total. The van der Waals surface area contributed by atoms with Gasteiger partial charge in [0.1, 0.15) is 17.6 Å². The highest BCUT2D eigenvalue weighted by molar-refractivity contribution is 9.10. The summed E-state index contributed by atoms with van der Waals surface area (Å²) < 4.78 is 41.0. The zero-order valence-corrected chi connectivity index (χ0v) is 22.6. The standard InChI is InChI=1S/C29H27BrF2N2O5/c1-38-20-15-33-16-21-24(20)28(37)25(35)22(26(36)34-13-11-27(31,32)12-14-34)23(17-5-3-2-4-6-17)29(28,39-21)18-7-9-19(30)10-8-18/h2-10,15-16,22-23,25,35,37H,11-14H2,1H3/t22-,23-,25-,28?,29+/m1/s1. The number of amides is 1. The fourth-order valence-corrected chi connectivity index (χ4v) is 6.90. The van der Waals surface area contributed by atoms with E-state index in [2.05, 4.69) is 20.9 Å². The number of alkyl halides is 2. The zero-order valence-electron chi connectivity index (χ0n) is 21.1. The molecule has 1 saturated heterocycles. The molecule has 1 unspecified atom stereocenters. The van der Waals surface area contributed by atoms with E-state index in [1.165, 1.54) is 24.4 Å². The number of rotatable bonds is 4. The summed E-state index contributed by atoms with van der Waals surface area (Å²) in [5, 5.41) is 24.9. The van der Waals surface area contributed by atoms with Crippen molar-refractivity contribution in [2.24, 2.45) is 5.92 Å². The predicted molar refractivity (Wildman–Crippen MR) is 141 cm³/mol. The van der Waals surface area contributed by atoms with Gasteiger partial charge in [0, 0.05) is 36.3 Å². The van der Waals surface area contributed by atoms with Crippen LogP contribution in [0.1, 0.15) is 35.4 Å². The van der Waals surface area contributed by atoms with Crippen molar-refractivity contribution >= 4 is 21.8 Å². The monoisotopic (exact) mass is 600 g/mol. The van der Waals surface area contributed by atoms with E-state index in [-0.39, 0.29) is 30.2 Å². The van der Waals surface area contributed by atoms with E-state index in [9.17, 15) is 23.8 Å². The number of fused-ring (bicyclic) bond motifs is 3. The molecule has 2 aliphatic heterocycles. The number of halogens is 3. The second-order valence-corrected chi connectivity index (χ2v) is 11.3. The van der Waals surface area contributed by atoms with Crippen molar-refractivity contribution in [1.82, 2.24) is 9.88 Å². The highest BCUT2D eigenvalue weighted by atomic mass is 79.9. The van der Waals surface area contributed by atoms with Crippen LogP contribution in [-0.2, 0) is 16.0 Å². The summed E-state index contributed by atoms with van der Waals surface area (Å²) in [6, 6.07) is 16.2. The molecule has 1 saturated carbocycles. The van der Waals surface area contributed by atoms with Crippen LogP contribution in [0.25, 0.3) is 0 Å². The molecule has 1 amide bonds. The van der Waals surface area contributed by atoms with Crippen LogP contribution < -0.4 is 9.47 Å². The molecule has 0 radical (unpaired) electrons. The van der Waals surface area contributed by atoms with Crippen LogP contribution >= 0.6 is 15.9 Å². The second-order valence-electron chi connectivity index (χ2n) is 10.4. The summed E-state index contributed by atoms with van der Waals surface area (Å²) >= 11 is 3.45. The maximum atomic E-state index is 14.2. The number of aliphatic hydroxyl groups excluding tert-OH is 1. The molecule has 1 aliphatic carbocycles. The highest BCUT2D eigenvalue weighted by Gasteiger charge is 2.78. The summed E-state index contributed by atoms with van der Waals surface area (Å²) in [7, 11) is 1.42. The van der Waals surface area contributed by atoms with Crippen LogP contribution in [0.15, 0.2) is 71.5 Å². The van der Waals surface area contributed by atoms with Crippen molar-refractivity contribution in [2.45, 2.75) is 42.0 Å². The number of pyridine rings is 1. The van der Waals surface area contributed by atoms with Gasteiger partial charge in [-0.05, 0) is 23.3 Å². The molecule has 3 heterocycles. The van der Waals surface area contributed by atoms with E-state index in [0.29, 0.717) is 11.1 Å². The van der Waals surface area contributed by atoms with Gasteiger partial charge >= 0.3 is 0 Å². The number of nitrogens with zero attached hydrogens (tertiary/aromatic N) is 2. The van der Waals surface area contributed by atoms with Crippen LogP contribution in [0.2, 0.25) is 0 Å². The number of benzene rings is 2. The van der Waals surface area contributed by atoms with E-state index >= 15 is 0 Å². The fourth-order valence-electron chi connectivity index (χ4n) is 6.63. The third-order valence-electron chi connectivity index (χ3n) is 8.40. The minimum atomic E-state index is -2.85. The van der Waals surface area contributed by atoms with Crippen molar-refractivity contribution in [2.75, 3.05) is 20.2 Å². The first kappa shape index (κ1) is 26.2. The van der Waals surface area contributed by atoms with Gasteiger partial charge in [-0.15, -0.1) is 0 Å². The first-order valence-corrected chi connectivity index (χ1v) is 13.5. The van der Waals surface area contributed by atoms with E-state index in [1.807, 2.05) is 30.3 Å². The van der Waals surface area contributed by atoms with Gasteiger partial charge in [0.2, 0.25) is 5.91 Å². The molecule has 5 atom stereocenters. The minimum absolute atomic E-state index is 0.148. The molecule has 10 heteroatoms. The maximum Gasteiger partial charge on any atom is 0.251 e. The van der Waals surface area contributed by atoms with E-state index < -0.39 is 53.8 Å². The van der Waals surface area contributed by atoms with E-state index in [4.69, 9.17) is 9.47 Å². The summed E-state index contributed by atoms with van der Waals surface area (Å²) in [6.45, 7) is -0.296. The van der Waals surface area contributed by atoms with Crippen LogP contribution in [0.5, 0.6) is 11.5 Å². The van der Waals surface area contributed by atoms with Crippen molar-refractivity contribution in [3.05, 3.63) is 88.2 Å². The molecule has 0 bridgehead atoms. The molecular formula is C29H27BrF2N2O5. The molecule has 3 aromatic rings. The number of aromatic nitrogens is 1. The summed E-state index contributed by atoms with van der Waals surface area (Å²) in [4.78, 5) is 19.7. The van der Waals surface area contributed by atoms with Crippen LogP contribution in [-0.4, -0.2) is 58.2 Å². The fraction of sp³-hybridized carbons (Fsp3) is 0.379. The number of methoxy groups -OCH3 is 1. The molecule has 1 aromatic heterocycles. The summed E-state index contributed by atoms with van der Waals surface area (Å²) in [5.41, 5.74) is -2.45. The Hall–Kier alpha value is -3.08. The predicted octanol–water partition coefficient (Wildman–Crippen LogP) is 4.36. The lowest BCUT2D eigenvalue weighted by Crippen LogP contribution is -2.52. The number of piperidine rings is 1. The normalized spacial score (nSPS) is 30.8. The Balaban J connectivity index is 1.60. The average molecular weight is 601 g/mol. The van der Waals surface area contributed by atoms with Gasteiger partial charge in [0.25, 0.3) is 5.92 Å². The topological polar surface area (TPSA) is 92.1 Å². The molecule has 2 N–H and O–H groups in total. The Labute approximate surface area is 232 Å². The molecular weight excluding hydrogens is 574 g/mol.